The molecule has 0 spiro atoms. The van der Waals surface area contributed by atoms with Crippen molar-refractivity contribution >= 4 is 27.7 Å². The van der Waals surface area contributed by atoms with Crippen LogP contribution in [0.25, 0.3) is 10.9 Å². The molecule has 2 aromatic rings. The number of aromatic nitrogens is 1. The van der Waals surface area contributed by atoms with Crippen molar-refractivity contribution in [3.05, 3.63) is 30.5 Å². The first kappa shape index (κ1) is 11.6. The summed E-state index contributed by atoms with van der Waals surface area (Å²) in [5.74, 6) is 0.900. The first-order valence-electron chi connectivity index (χ1n) is 4.40. The van der Waals surface area contributed by atoms with Crippen LogP contribution in [0.2, 0.25) is 0 Å². The zero-order valence-electron chi connectivity index (χ0n) is 8.58. The Hall–Kier alpha value is -1.48. The van der Waals surface area contributed by atoms with E-state index in [1.807, 2.05) is 30.5 Å². The predicted octanol–water partition coefficient (Wildman–Crippen LogP) is 2.95. The molecule has 0 saturated heterocycles. The van der Waals surface area contributed by atoms with Crippen molar-refractivity contribution in [1.29, 1.82) is 0 Å². The van der Waals surface area contributed by atoms with Crippen LogP contribution in [0.4, 0.5) is 0 Å². The van der Waals surface area contributed by atoms with Crippen molar-refractivity contribution in [2.24, 2.45) is 0 Å². The molecule has 0 aliphatic heterocycles. The second-order valence-electron chi connectivity index (χ2n) is 2.90. The molecule has 80 valence electrons. The van der Waals surface area contributed by atoms with Gasteiger partial charge in [-0.2, -0.15) is 0 Å². The van der Waals surface area contributed by atoms with Crippen LogP contribution in [0.5, 0.6) is 5.75 Å². The van der Waals surface area contributed by atoms with Gasteiger partial charge in [-0.3, -0.25) is 4.79 Å². The molecule has 0 bridgehead atoms. The molecule has 0 fully saturated rings. The number of methoxy groups -OCH3 is 1. The Bertz CT molecular complexity index is 447. The minimum absolute atomic E-state index is 0.361. The molecule has 0 atom stereocenters. The van der Waals surface area contributed by atoms with Crippen LogP contribution in [-0.4, -0.2) is 17.3 Å². The number of carbonyl (C=O) groups is 1. The number of carbonyl (C=O) groups excluding carboxylic acids is 1. The quantitative estimate of drug-likeness (QED) is 0.759. The van der Waals surface area contributed by atoms with Gasteiger partial charge in [-0.05, 0) is 35.9 Å². The third-order valence-electron chi connectivity index (χ3n) is 1.76. The molecule has 0 aliphatic rings. The number of aromatic amines is 1. The Balaban J connectivity index is 0.000000245. The molecule has 1 heterocycles. The lowest BCUT2D eigenvalue weighted by atomic mass is 10.2. The van der Waals surface area contributed by atoms with Gasteiger partial charge >= 0.3 is 0 Å². The highest BCUT2D eigenvalue weighted by molar-refractivity contribution is 6.62. The fraction of sp³-hybridized carbons (Fsp3) is 0.182. The number of nitrogens with one attached hydrogen (secondary N) is 1. The number of fused-ring (bicyclic) bond motifs is 1. The zero-order chi connectivity index (χ0) is 11.3. The first-order chi connectivity index (χ1) is 7.13. The van der Waals surface area contributed by atoms with Crippen molar-refractivity contribution in [2.45, 2.75) is 6.92 Å². The highest BCUT2D eigenvalue weighted by Crippen LogP contribution is 2.18. The van der Waals surface area contributed by atoms with Crippen LogP contribution < -0.4 is 4.74 Å². The second-order valence-corrected chi connectivity index (χ2v) is 3.43. The minimum Gasteiger partial charge on any atom is -0.497 e. The number of H-pyrrole nitrogens is 1. The Kier molecular flexibility index (Phi) is 4.18. The van der Waals surface area contributed by atoms with E-state index < -0.39 is 0 Å². The molecule has 2 rings (SSSR count). The largest absolute Gasteiger partial charge is 0.497 e. The van der Waals surface area contributed by atoms with E-state index in [9.17, 15) is 4.79 Å². The molecular formula is C11H12ClNO2. The average molecular weight is 226 g/mol. The molecule has 0 aliphatic carbocycles. The smallest absolute Gasteiger partial charge is 0.218 e. The Labute approximate surface area is 93.0 Å². The molecule has 1 aromatic heterocycles. The van der Waals surface area contributed by atoms with E-state index >= 15 is 0 Å². The van der Waals surface area contributed by atoms with Gasteiger partial charge in [-0.15, -0.1) is 0 Å². The van der Waals surface area contributed by atoms with E-state index in [1.165, 1.54) is 12.3 Å². The van der Waals surface area contributed by atoms with Crippen molar-refractivity contribution in [2.75, 3.05) is 7.11 Å². The maximum Gasteiger partial charge on any atom is 0.218 e. The van der Waals surface area contributed by atoms with Gasteiger partial charge in [0, 0.05) is 24.0 Å². The number of ether oxygens (including phenoxy) is 1. The van der Waals surface area contributed by atoms with Gasteiger partial charge in [0.1, 0.15) is 5.75 Å². The summed E-state index contributed by atoms with van der Waals surface area (Å²) in [4.78, 5) is 12.3. The Morgan fingerprint density at radius 1 is 1.40 bits per heavy atom. The van der Waals surface area contributed by atoms with E-state index in [0.29, 0.717) is 0 Å². The maximum absolute atomic E-state index is 9.21. The van der Waals surface area contributed by atoms with Crippen LogP contribution in [0.1, 0.15) is 6.92 Å². The van der Waals surface area contributed by atoms with Crippen molar-refractivity contribution < 1.29 is 9.53 Å². The van der Waals surface area contributed by atoms with E-state index in [4.69, 9.17) is 4.74 Å². The summed E-state index contributed by atoms with van der Waals surface area (Å²) in [6, 6.07) is 7.98. The zero-order valence-corrected chi connectivity index (χ0v) is 9.34. The molecule has 0 saturated carbocycles. The lowest BCUT2D eigenvalue weighted by Crippen LogP contribution is -1.80. The number of hydrogen-bond acceptors (Lipinski definition) is 2. The summed E-state index contributed by atoms with van der Waals surface area (Å²) in [6.45, 7) is 1.29. The van der Waals surface area contributed by atoms with Crippen LogP contribution in [0, 0.1) is 0 Å². The number of halogens is 1. The highest BCUT2D eigenvalue weighted by Gasteiger charge is 1.94. The van der Waals surface area contributed by atoms with E-state index in [-0.39, 0.29) is 5.24 Å². The van der Waals surface area contributed by atoms with Crippen molar-refractivity contribution in [1.82, 2.24) is 4.98 Å². The standard InChI is InChI=1S/C9H9NO.C2H3ClO/c1-11-8-2-3-9-7(6-8)4-5-10-9;1-2(3)4/h2-6,10H,1H3;1H3. The van der Waals surface area contributed by atoms with Gasteiger partial charge < -0.3 is 9.72 Å². The molecule has 1 N–H and O–H groups in total. The normalized spacial score (nSPS) is 9.27. The Morgan fingerprint density at radius 2 is 2.07 bits per heavy atom. The monoisotopic (exact) mass is 225 g/mol. The summed E-state index contributed by atoms with van der Waals surface area (Å²) in [5, 5.41) is 0.823. The lowest BCUT2D eigenvalue weighted by Gasteiger charge is -1.97. The van der Waals surface area contributed by atoms with Crippen molar-refractivity contribution in [3.63, 3.8) is 0 Å². The van der Waals surface area contributed by atoms with Crippen LogP contribution in [0.3, 0.4) is 0 Å². The molecule has 0 unspecified atom stereocenters. The molecule has 4 heteroatoms. The summed E-state index contributed by atoms with van der Waals surface area (Å²) in [7, 11) is 1.67. The molecular weight excluding hydrogens is 214 g/mol. The number of hydrogen-bond donors (Lipinski definition) is 1. The summed E-state index contributed by atoms with van der Waals surface area (Å²) >= 11 is 4.64. The second kappa shape index (κ2) is 5.41. The lowest BCUT2D eigenvalue weighted by molar-refractivity contribution is -0.109. The molecule has 0 amide bonds. The van der Waals surface area contributed by atoms with Crippen LogP contribution >= 0.6 is 11.6 Å². The fourth-order valence-electron chi connectivity index (χ4n) is 1.16. The van der Waals surface area contributed by atoms with E-state index in [0.717, 1.165) is 11.3 Å². The van der Waals surface area contributed by atoms with Gasteiger partial charge in [0.05, 0.1) is 7.11 Å². The maximum atomic E-state index is 9.21. The topological polar surface area (TPSA) is 42.1 Å². The third-order valence-corrected chi connectivity index (χ3v) is 1.76. The highest BCUT2D eigenvalue weighted by atomic mass is 35.5. The summed E-state index contributed by atoms with van der Waals surface area (Å²) in [5.41, 5.74) is 1.14. The van der Waals surface area contributed by atoms with Gasteiger partial charge in [-0.1, -0.05) is 0 Å². The van der Waals surface area contributed by atoms with E-state index in [1.54, 1.807) is 7.11 Å². The minimum atomic E-state index is -0.361. The Morgan fingerprint density at radius 3 is 2.67 bits per heavy atom. The summed E-state index contributed by atoms with van der Waals surface area (Å²) < 4.78 is 5.08. The van der Waals surface area contributed by atoms with Gasteiger partial charge in [0.2, 0.25) is 5.24 Å². The van der Waals surface area contributed by atoms with Gasteiger partial charge in [0.25, 0.3) is 0 Å². The van der Waals surface area contributed by atoms with Crippen molar-refractivity contribution in [3.8, 4) is 5.75 Å². The molecule has 3 nitrogen and oxygen atoms in total. The molecule has 0 radical (unpaired) electrons. The van der Waals surface area contributed by atoms with Gasteiger partial charge in [0.15, 0.2) is 0 Å². The van der Waals surface area contributed by atoms with E-state index in [2.05, 4.69) is 16.6 Å². The number of benzene rings is 1. The SMILES string of the molecule is CC(=O)Cl.COc1ccc2[nH]ccc2c1. The van der Waals surface area contributed by atoms with Gasteiger partial charge in [-0.25, -0.2) is 0 Å². The predicted molar refractivity (Wildman–Crippen MR) is 61.4 cm³/mol. The molecule has 1 aromatic carbocycles. The van der Waals surface area contributed by atoms with Crippen LogP contribution in [0.15, 0.2) is 30.5 Å². The number of rotatable bonds is 1. The average Bonchev–Trinajstić information content (AvgIpc) is 2.63. The third kappa shape index (κ3) is 3.64. The summed E-state index contributed by atoms with van der Waals surface area (Å²) in [6.07, 6.45) is 1.92. The first-order valence-corrected chi connectivity index (χ1v) is 4.78. The molecule has 15 heavy (non-hydrogen) atoms. The van der Waals surface area contributed by atoms with Crippen LogP contribution in [-0.2, 0) is 4.79 Å². The fourth-order valence-corrected chi connectivity index (χ4v) is 1.16.